The molecule has 4 atom stereocenters. The van der Waals surface area contributed by atoms with E-state index in [4.69, 9.17) is 19.3 Å². The van der Waals surface area contributed by atoms with Gasteiger partial charge in [0.25, 0.3) is 0 Å². The molecule has 0 fully saturated rings. The Hall–Kier alpha value is -0.910. The summed E-state index contributed by atoms with van der Waals surface area (Å²) < 4.78 is 16.0. The molecule has 0 aromatic carbocycles. The van der Waals surface area contributed by atoms with Gasteiger partial charge in [-0.2, -0.15) is 0 Å². The van der Waals surface area contributed by atoms with Gasteiger partial charge >= 0.3 is 5.97 Å². The van der Waals surface area contributed by atoms with Crippen molar-refractivity contribution in [2.45, 2.75) is 112 Å². The molecule has 5 heteroatoms. The highest BCUT2D eigenvalue weighted by Gasteiger charge is 2.10. The summed E-state index contributed by atoms with van der Waals surface area (Å²) in [6.07, 6.45) is 9.84. The third kappa shape index (κ3) is 22.1. The van der Waals surface area contributed by atoms with Crippen molar-refractivity contribution >= 4 is 5.97 Å². The van der Waals surface area contributed by atoms with E-state index in [0.29, 0.717) is 5.57 Å². The quantitative estimate of drug-likeness (QED) is 0.198. The van der Waals surface area contributed by atoms with Crippen molar-refractivity contribution in [3.63, 3.8) is 0 Å². The lowest BCUT2D eigenvalue weighted by Crippen LogP contribution is -2.23. The summed E-state index contributed by atoms with van der Waals surface area (Å²) in [5.41, 5.74) is 0.368. The smallest absolute Gasteiger partial charge is 0.333 e. The molecule has 0 radical (unpaired) electrons. The number of rotatable bonds is 18. The first-order valence-corrected chi connectivity index (χ1v) is 12.4. The first-order chi connectivity index (χ1) is 14.7. The van der Waals surface area contributed by atoms with Crippen LogP contribution in [0.15, 0.2) is 12.2 Å². The molecule has 0 spiro atoms. The molecule has 5 nitrogen and oxygen atoms in total. The number of esters is 1. The molecule has 0 aliphatic rings. The SMILES string of the molecule is C=C(C)C(=O)OCC(C)OCC(C)O.CCCCC(CC)COCC(CC)CCCC. The van der Waals surface area contributed by atoms with Gasteiger partial charge in [0.05, 0.1) is 18.8 Å². The van der Waals surface area contributed by atoms with Gasteiger partial charge in [0.2, 0.25) is 0 Å². The Morgan fingerprint density at radius 2 is 1.35 bits per heavy atom. The summed E-state index contributed by atoms with van der Waals surface area (Å²) in [7, 11) is 0. The van der Waals surface area contributed by atoms with Crippen LogP contribution in [0.3, 0.4) is 0 Å². The Morgan fingerprint density at radius 3 is 1.71 bits per heavy atom. The maximum Gasteiger partial charge on any atom is 0.333 e. The van der Waals surface area contributed by atoms with Crippen molar-refractivity contribution in [3.05, 3.63) is 12.2 Å². The maximum absolute atomic E-state index is 11.0. The number of aliphatic hydroxyl groups excluding tert-OH is 1. The third-order valence-corrected chi connectivity index (χ3v) is 5.21. The molecule has 0 heterocycles. The lowest BCUT2D eigenvalue weighted by molar-refractivity contribution is -0.143. The van der Waals surface area contributed by atoms with Gasteiger partial charge in [-0.25, -0.2) is 4.79 Å². The van der Waals surface area contributed by atoms with Gasteiger partial charge in [0, 0.05) is 18.8 Å². The van der Waals surface area contributed by atoms with Crippen LogP contribution >= 0.6 is 0 Å². The van der Waals surface area contributed by atoms with E-state index in [2.05, 4.69) is 34.3 Å². The Morgan fingerprint density at radius 1 is 0.871 bits per heavy atom. The first kappa shape index (κ1) is 32.3. The fourth-order valence-corrected chi connectivity index (χ4v) is 2.87. The van der Waals surface area contributed by atoms with Crippen LogP contribution in [-0.4, -0.2) is 49.7 Å². The molecule has 1 N–H and O–H groups in total. The second-order valence-corrected chi connectivity index (χ2v) is 8.74. The van der Waals surface area contributed by atoms with E-state index in [1.807, 2.05) is 0 Å². The van der Waals surface area contributed by atoms with Crippen molar-refractivity contribution in [2.24, 2.45) is 11.8 Å². The van der Waals surface area contributed by atoms with Crippen LogP contribution in [-0.2, 0) is 19.0 Å². The average Bonchev–Trinajstić information content (AvgIpc) is 2.75. The second-order valence-electron chi connectivity index (χ2n) is 8.74. The van der Waals surface area contributed by atoms with Crippen molar-refractivity contribution in [1.82, 2.24) is 0 Å². The van der Waals surface area contributed by atoms with E-state index >= 15 is 0 Å². The van der Waals surface area contributed by atoms with E-state index in [1.165, 1.54) is 51.4 Å². The molecule has 0 aliphatic carbocycles. The van der Waals surface area contributed by atoms with E-state index < -0.39 is 12.1 Å². The Balaban J connectivity index is 0. The topological polar surface area (TPSA) is 65.0 Å². The van der Waals surface area contributed by atoms with E-state index in [1.54, 1.807) is 20.8 Å². The monoisotopic (exact) mass is 444 g/mol. The molecule has 0 saturated carbocycles. The molecule has 0 amide bonds. The fourth-order valence-electron chi connectivity index (χ4n) is 2.87. The van der Waals surface area contributed by atoms with Crippen molar-refractivity contribution < 1.29 is 24.1 Å². The predicted molar refractivity (Wildman–Crippen MR) is 130 cm³/mol. The largest absolute Gasteiger partial charge is 0.460 e. The van der Waals surface area contributed by atoms with Crippen LogP contribution in [0, 0.1) is 11.8 Å². The Kier molecular flexibility index (Phi) is 23.2. The Bertz CT molecular complexity index is 406. The Labute approximate surface area is 192 Å². The van der Waals surface area contributed by atoms with E-state index in [9.17, 15) is 4.79 Å². The minimum Gasteiger partial charge on any atom is -0.460 e. The molecular formula is C26H52O5. The van der Waals surface area contributed by atoms with Gasteiger partial charge in [-0.1, -0.05) is 72.8 Å². The van der Waals surface area contributed by atoms with E-state index in [-0.39, 0.29) is 19.3 Å². The van der Waals surface area contributed by atoms with E-state index in [0.717, 1.165) is 25.0 Å². The molecule has 4 unspecified atom stereocenters. The predicted octanol–water partition coefficient (Wildman–Crippen LogP) is 6.33. The van der Waals surface area contributed by atoms with Gasteiger partial charge in [-0.15, -0.1) is 0 Å². The number of hydrogen-bond acceptors (Lipinski definition) is 5. The van der Waals surface area contributed by atoms with Gasteiger partial charge in [-0.3, -0.25) is 0 Å². The van der Waals surface area contributed by atoms with Crippen LogP contribution in [0.5, 0.6) is 0 Å². The molecule has 0 aromatic rings. The molecule has 0 aliphatic heterocycles. The number of hydrogen-bond donors (Lipinski definition) is 1. The minimum atomic E-state index is -0.505. The van der Waals surface area contributed by atoms with Crippen molar-refractivity contribution in [2.75, 3.05) is 26.4 Å². The summed E-state index contributed by atoms with van der Waals surface area (Å²) in [4.78, 5) is 11.0. The molecule has 0 rings (SSSR count). The first-order valence-electron chi connectivity index (χ1n) is 12.4. The standard InChI is InChI=1S/C16H34O.C10H18O4/c1-5-9-11-15(7-3)13-17-14-16(8-4)12-10-6-2;1-7(2)10(12)14-6-9(4)13-5-8(3)11/h15-16H,5-14H2,1-4H3;8-9,11H,1,5-6H2,2-4H3. The average molecular weight is 445 g/mol. The zero-order chi connectivity index (χ0) is 24.1. The molecule has 0 saturated heterocycles. The normalized spacial score (nSPS) is 14.7. The maximum atomic E-state index is 11.0. The van der Waals surface area contributed by atoms with Crippen molar-refractivity contribution in [1.29, 1.82) is 0 Å². The highest BCUT2D eigenvalue weighted by Crippen LogP contribution is 2.16. The highest BCUT2D eigenvalue weighted by atomic mass is 16.6. The van der Waals surface area contributed by atoms with Crippen LogP contribution in [0.2, 0.25) is 0 Å². The van der Waals surface area contributed by atoms with Gasteiger partial charge in [0.15, 0.2) is 0 Å². The van der Waals surface area contributed by atoms with Crippen LogP contribution < -0.4 is 0 Å². The molecular weight excluding hydrogens is 392 g/mol. The zero-order valence-electron chi connectivity index (χ0n) is 21.6. The summed E-state index contributed by atoms with van der Waals surface area (Å²) in [5.74, 6) is 1.16. The molecule has 186 valence electrons. The lowest BCUT2D eigenvalue weighted by Gasteiger charge is -2.18. The summed E-state index contributed by atoms with van der Waals surface area (Å²) >= 11 is 0. The summed E-state index contributed by atoms with van der Waals surface area (Å²) in [5, 5.41) is 8.92. The summed E-state index contributed by atoms with van der Waals surface area (Å²) in [6, 6.07) is 0. The minimum absolute atomic E-state index is 0.179. The van der Waals surface area contributed by atoms with Crippen molar-refractivity contribution in [3.8, 4) is 0 Å². The molecule has 31 heavy (non-hydrogen) atoms. The second kappa shape index (κ2) is 22.3. The number of carbonyl (C=O) groups excluding carboxylic acids is 1. The number of aliphatic hydroxyl groups is 1. The third-order valence-electron chi connectivity index (χ3n) is 5.21. The lowest BCUT2D eigenvalue weighted by atomic mass is 9.99. The number of unbranched alkanes of at least 4 members (excludes halogenated alkanes) is 2. The van der Waals surface area contributed by atoms with Gasteiger partial charge in [0.1, 0.15) is 6.61 Å². The highest BCUT2D eigenvalue weighted by molar-refractivity contribution is 5.86. The molecule has 0 bridgehead atoms. The number of ether oxygens (including phenoxy) is 3. The zero-order valence-corrected chi connectivity index (χ0v) is 21.6. The van der Waals surface area contributed by atoms with Crippen LogP contribution in [0.25, 0.3) is 0 Å². The van der Waals surface area contributed by atoms with Crippen LogP contribution in [0.1, 0.15) is 99.8 Å². The number of carbonyl (C=O) groups is 1. The fraction of sp³-hybridized carbons (Fsp3) is 0.885. The summed E-state index contributed by atoms with van der Waals surface area (Å²) in [6.45, 7) is 20.0. The van der Waals surface area contributed by atoms with Crippen LogP contribution in [0.4, 0.5) is 0 Å². The van der Waals surface area contributed by atoms with Gasteiger partial charge < -0.3 is 19.3 Å². The molecule has 0 aromatic heterocycles. The van der Waals surface area contributed by atoms with Gasteiger partial charge in [-0.05, 0) is 45.4 Å².